The summed E-state index contributed by atoms with van der Waals surface area (Å²) in [6, 6.07) is 16.7. The van der Waals surface area contributed by atoms with Crippen molar-refractivity contribution in [2.45, 2.75) is 25.7 Å². The summed E-state index contributed by atoms with van der Waals surface area (Å²) < 4.78 is 5.06. The Morgan fingerprint density at radius 2 is 1.79 bits per heavy atom. The summed E-state index contributed by atoms with van der Waals surface area (Å²) in [5, 5.41) is 2.75. The second-order valence-corrected chi connectivity index (χ2v) is 6.71. The van der Waals surface area contributed by atoms with Gasteiger partial charge in [-0.1, -0.05) is 30.3 Å². The third-order valence-corrected chi connectivity index (χ3v) is 4.63. The van der Waals surface area contributed by atoms with E-state index in [1.165, 1.54) is 5.56 Å². The van der Waals surface area contributed by atoms with E-state index in [4.69, 9.17) is 4.74 Å². The van der Waals surface area contributed by atoms with Gasteiger partial charge in [0.15, 0.2) is 6.61 Å². The monoisotopic (exact) mass is 380 g/mol. The average Bonchev–Trinajstić information content (AvgIpc) is 3.16. The maximum Gasteiger partial charge on any atom is 0.338 e. The minimum absolute atomic E-state index is 0.0965. The van der Waals surface area contributed by atoms with Crippen LogP contribution in [0.2, 0.25) is 0 Å². The molecular formula is C22H24N2O4. The first-order chi connectivity index (χ1) is 13.6. The normalized spacial score (nSPS) is 13.4. The van der Waals surface area contributed by atoms with Gasteiger partial charge in [-0.05, 0) is 49.1 Å². The predicted octanol–water partition coefficient (Wildman–Crippen LogP) is 2.72. The lowest BCUT2D eigenvalue weighted by atomic mass is 10.1. The molecule has 0 spiro atoms. The van der Waals surface area contributed by atoms with Crippen molar-refractivity contribution < 1.29 is 19.1 Å². The van der Waals surface area contributed by atoms with E-state index in [1.807, 2.05) is 18.2 Å². The number of esters is 1. The van der Waals surface area contributed by atoms with Crippen molar-refractivity contribution >= 4 is 23.5 Å². The zero-order chi connectivity index (χ0) is 19.8. The maximum atomic E-state index is 12.1. The lowest BCUT2D eigenvalue weighted by Gasteiger charge is -2.15. The van der Waals surface area contributed by atoms with Crippen molar-refractivity contribution in [2.24, 2.45) is 0 Å². The fourth-order valence-electron chi connectivity index (χ4n) is 3.13. The van der Waals surface area contributed by atoms with Gasteiger partial charge in [-0.15, -0.1) is 0 Å². The fourth-order valence-corrected chi connectivity index (χ4v) is 3.13. The molecule has 6 heteroatoms. The number of hydrogen-bond donors (Lipinski definition) is 1. The van der Waals surface area contributed by atoms with Crippen LogP contribution in [0.1, 0.15) is 35.2 Å². The second-order valence-electron chi connectivity index (χ2n) is 6.71. The minimum atomic E-state index is -0.557. The molecule has 0 saturated carbocycles. The number of nitrogens with zero attached hydrogens (tertiary/aromatic N) is 1. The number of hydrogen-bond acceptors (Lipinski definition) is 4. The van der Waals surface area contributed by atoms with Gasteiger partial charge in [0, 0.05) is 25.2 Å². The molecule has 2 aromatic carbocycles. The van der Waals surface area contributed by atoms with Gasteiger partial charge >= 0.3 is 5.97 Å². The highest BCUT2D eigenvalue weighted by molar-refractivity contribution is 5.96. The van der Waals surface area contributed by atoms with Crippen LogP contribution in [0.25, 0.3) is 0 Å². The van der Waals surface area contributed by atoms with E-state index in [0.29, 0.717) is 25.1 Å². The summed E-state index contributed by atoms with van der Waals surface area (Å²) in [4.78, 5) is 37.4. The van der Waals surface area contributed by atoms with Crippen molar-refractivity contribution in [3.05, 3.63) is 65.7 Å². The molecule has 1 aliphatic rings. The summed E-state index contributed by atoms with van der Waals surface area (Å²) in [7, 11) is 0. The highest BCUT2D eigenvalue weighted by atomic mass is 16.5. The van der Waals surface area contributed by atoms with Crippen molar-refractivity contribution in [1.29, 1.82) is 0 Å². The van der Waals surface area contributed by atoms with Gasteiger partial charge in [-0.3, -0.25) is 9.59 Å². The smallest absolute Gasteiger partial charge is 0.338 e. The molecule has 1 saturated heterocycles. The molecule has 28 heavy (non-hydrogen) atoms. The molecule has 0 unspecified atom stereocenters. The molecule has 1 fully saturated rings. The van der Waals surface area contributed by atoms with Crippen molar-refractivity contribution in [3.63, 3.8) is 0 Å². The zero-order valence-corrected chi connectivity index (χ0v) is 15.7. The van der Waals surface area contributed by atoms with E-state index in [-0.39, 0.29) is 18.4 Å². The number of amides is 2. The van der Waals surface area contributed by atoms with Gasteiger partial charge in [-0.2, -0.15) is 0 Å². The minimum Gasteiger partial charge on any atom is -0.452 e. The Morgan fingerprint density at radius 3 is 2.46 bits per heavy atom. The number of nitrogens with one attached hydrogen (secondary N) is 1. The van der Waals surface area contributed by atoms with Crippen LogP contribution in [0.5, 0.6) is 0 Å². The maximum absolute atomic E-state index is 12.1. The van der Waals surface area contributed by atoms with E-state index in [0.717, 1.165) is 24.9 Å². The third kappa shape index (κ3) is 5.42. The van der Waals surface area contributed by atoms with Crippen LogP contribution in [0, 0.1) is 0 Å². The van der Waals surface area contributed by atoms with E-state index in [1.54, 1.807) is 29.2 Å². The first-order valence-electron chi connectivity index (χ1n) is 9.51. The standard InChI is InChI=1S/C22H24N2O4/c25-20(23-14-4-8-17-6-2-1-3-7-17)16-28-22(27)18-10-12-19(13-11-18)24-15-5-9-21(24)26/h1-3,6-7,10-13H,4-5,8-9,14-16H2,(H,23,25). The van der Waals surface area contributed by atoms with Crippen LogP contribution in [0.3, 0.4) is 0 Å². The van der Waals surface area contributed by atoms with Gasteiger partial charge in [0.2, 0.25) is 5.91 Å². The number of benzene rings is 2. The van der Waals surface area contributed by atoms with Crippen LogP contribution in [-0.2, 0) is 20.7 Å². The number of anilines is 1. The SMILES string of the molecule is O=C(COC(=O)c1ccc(N2CCCC2=O)cc1)NCCCc1ccccc1. The van der Waals surface area contributed by atoms with Crippen molar-refractivity contribution in [3.8, 4) is 0 Å². The summed E-state index contributed by atoms with van der Waals surface area (Å²) in [6.07, 6.45) is 3.11. The van der Waals surface area contributed by atoms with Crippen LogP contribution in [-0.4, -0.2) is 37.5 Å². The van der Waals surface area contributed by atoms with Crippen LogP contribution in [0.15, 0.2) is 54.6 Å². The molecule has 2 amide bonds. The molecule has 2 aromatic rings. The van der Waals surface area contributed by atoms with E-state index in [9.17, 15) is 14.4 Å². The van der Waals surface area contributed by atoms with Crippen molar-refractivity contribution in [1.82, 2.24) is 5.32 Å². The summed E-state index contributed by atoms with van der Waals surface area (Å²) in [6.45, 7) is 0.924. The first-order valence-corrected chi connectivity index (χ1v) is 9.51. The van der Waals surface area contributed by atoms with Crippen LogP contribution < -0.4 is 10.2 Å². The molecule has 0 radical (unpaired) electrons. The van der Waals surface area contributed by atoms with Gasteiger partial charge in [0.1, 0.15) is 0 Å². The number of ether oxygens (including phenoxy) is 1. The fraction of sp³-hybridized carbons (Fsp3) is 0.318. The van der Waals surface area contributed by atoms with Crippen LogP contribution >= 0.6 is 0 Å². The lowest BCUT2D eigenvalue weighted by molar-refractivity contribution is -0.124. The van der Waals surface area contributed by atoms with Gasteiger partial charge < -0.3 is 15.0 Å². The highest BCUT2D eigenvalue weighted by Crippen LogP contribution is 2.21. The molecule has 3 rings (SSSR count). The molecule has 6 nitrogen and oxygen atoms in total. The Labute approximate surface area is 164 Å². The molecule has 1 heterocycles. The molecule has 0 aromatic heterocycles. The summed E-state index contributed by atoms with van der Waals surface area (Å²) in [5.41, 5.74) is 2.35. The molecule has 1 aliphatic heterocycles. The van der Waals surface area contributed by atoms with E-state index in [2.05, 4.69) is 17.4 Å². The lowest BCUT2D eigenvalue weighted by Crippen LogP contribution is -2.29. The number of carbonyl (C=O) groups excluding carboxylic acids is 3. The second kappa shape index (κ2) is 9.69. The van der Waals surface area contributed by atoms with Gasteiger partial charge in [0.25, 0.3) is 5.91 Å². The molecule has 146 valence electrons. The molecule has 0 atom stereocenters. The largest absolute Gasteiger partial charge is 0.452 e. The third-order valence-electron chi connectivity index (χ3n) is 4.63. The Hall–Kier alpha value is -3.15. The summed E-state index contributed by atoms with van der Waals surface area (Å²) in [5.74, 6) is -0.779. The molecule has 0 aliphatic carbocycles. The summed E-state index contributed by atoms with van der Waals surface area (Å²) >= 11 is 0. The quantitative estimate of drug-likeness (QED) is 0.564. The molecule has 0 bridgehead atoms. The number of aryl methyl sites for hydroxylation is 1. The highest BCUT2D eigenvalue weighted by Gasteiger charge is 2.21. The Morgan fingerprint density at radius 1 is 1.04 bits per heavy atom. The molecule has 1 N–H and O–H groups in total. The Balaban J connectivity index is 1.37. The topological polar surface area (TPSA) is 75.7 Å². The number of carbonyl (C=O) groups is 3. The number of rotatable bonds is 8. The van der Waals surface area contributed by atoms with Gasteiger partial charge in [-0.25, -0.2) is 4.79 Å². The molecular weight excluding hydrogens is 356 g/mol. The van der Waals surface area contributed by atoms with E-state index >= 15 is 0 Å². The Bertz CT molecular complexity index is 818. The van der Waals surface area contributed by atoms with E-state index < -0.39 is 5.97 Å². The van der Waals surface area contributed by atoms with Crippen LogP contribution in [0.4, 0.5) is 5.69 Å². The zero-order valence-electron chi connectivity index (χ0n) is 15.7. The Kier molecular flexibility index (Phi) is 6.78. The van der Waals surface area contributed by atoms with Gasteiger partial charge in [0.05, 0.1) is 5.56 Å². The first kappa shape index (κ1) is 19.6. The average molecular weight is 380 g/mol. The predicted molar refractivity (Wildman–Crippen MR) is 106 cm³/mol. The van der Waals surface area contributed by atoms with Crippen molar-refractivity contribution in [2.75, 3.05) is 24.6 Å².